The summed E-state index contributed by atoms with van der Waals surface area (Å²) in [6, 6.07) is 7.65. The smallest absolute Gasteiger partial charge is 0.240 e. The van der Waals surface area contributed by atoms with Gasteiger partial charge in [-0.3, -0.25) is 19.2 Å². The summed E-state index contributed by atoms with van der Waals surface area (Å²) in [6.07, 6.45) is 2.07. The molecule has 2 unspecified atom stereocenters. The summed E-state index contributed by atoms with van der Waals surface area (Å²) in [7, 11) is 0. The SMILES string of the molecule is NCCCCC(NC(=O)CNC(=O)CNC(=O)C(N)Cc1ccccc1)C(N)=O. The van der Waals surface area contributed by atoms with Crippen molar-refractivity contribution in [2.75, 3.05) is 19.6 Å². The first-order valence-corrected chi connectivity index (χ1v) is 9.46. The second-order valence-corrected chi connectivity index (χ2v) is 6.60. The fourth-order valence-electron chi connectivity index (χ4n) is 2.52. The summed E-state index contributed by atoms with van der Waals surface area (Å²) in [5.41, 5.74) is 17.4. The second-order valence-electron chi connectivity index (χ2n) is 6.60. The number of carbonyl (C=O) groups is 4. The van der Waals surface area contributed by atoms with E-state index in [0.29, 0.717) is 32.2 Å². The Morgan fingerprint density at radius 1 is 0.931 bits per heavy atom. The van der Waals surface area contributed by atoms with Crippen molar-refractivity contribution in [3.63, 3.8) is 0 Å². The summed E-state index contributed by atoms with van der Waals surface area (Å²) < 4.78 is 0. The van der Waals surface area contributed by atoms with Crippen LogP contribution in [0.15, 0.2) is 30.3 Å². The highest BCUT2D eigenvalue weighted by Crippen LogP contribution is 2.02. The van der Waals surface area contributed by atoms with Crippen LogP contribution in [0.2, 0.25) is 0 Å². The van der Waals surface area contributed by atoms with Crippen LogP contribution >= 0.6 is 0 Å². The van der Waals surface area contributed by atoms with Crippen molar-refractivity contribution in [2.45, 2.75) is 37.8 Å². The number of benzene rings is 1. The van der Waals surface area contributed by atoms with Crippen molar-refractivity contribution < 1.29 is 19.2 Å². The molecule has 10 heteroatoms. The minimum Gasteiger partial charge on any atom is -0.368 e. The van der Waals surface area contributed by atoms with Gasteiger partial charge in [-0.15, -0.1) is 0 Å². The maximum absolute atomic E-state index is 12.0. The van der Waals surface area contributed by atoms with Gasteiger partial charge in [-0.05, 0) is 37.8 Å². The lowest BCUT2D eigenvalue weighted by Gasteiger charge is -2.16. The molecular formula is C19H30N6O4. The molecule has 160 valence electrons. The van der Waals surface area contributed by atoms with Gasteiger partial charge in [0.15, 0.2) is 0 Å². The number of rotatable bonds is 13. The van der Waals surface area contributed by atoms with Crippen LogP contribution in [0.5, 0.6) is 0 Å². The molecular weight excluding hydrogens is 376 g/mol. The Kier molecular flexibility index (Phi) is 11.0. The van der Waals surface area contributed by atoms with Crippen molar-refractivity contribution in [2.24, 2.45) is 17.2 Å². The first kappa shape index (κ1) is 24.1. The van der Waals surface area contributed by atoms with Gasteiger partial charge in [-0.2, -0.15) is 0 Å². The van der Waals surface area contributed by atoms with Crippen LogP contribution in [0.4, 0.5) is 0 Å². The predicted octanol–water partition coefficient (Wildman–Crippen LogP) is -2.11. The number of nitrogens with one attached hydrogen (secondary N) is 3. The maximum atomic E-state index is 12.0. The molecule has 1 aromatic rings. The highest BCUT2D eigenvalue weighted by Gasteiger charge is 2.18. The molecule has 0 aliphatic carbocycles. The fraction of sp³-hybridized carbons (Fsp3) is 0.474. The van der Waals surface area contributed by atoms with Crippen molar-refractivity contribution in [3.8, 4) is 0 Å². The molecule has 2 atom stereocenters. The topological polar surface area (TPSA) is 182 Å². The Morgan fingerprint density at radius 2 is 1.59 bits per heavy atom. The fourth-order valence-corrected chi connectivity index (χ4v) is 2.52. The van der Waals surface area contributed by atoms with Crippen LogP contribution in [0.3, 0.4) is 0 Å². The summed E-state index contributed by atoms with van der Waals surface area (Å²) in [5, 5.41) is 7.25. The van der Waals surface area contributed by atoms with E-state index in [9.17, 15) is 19.2 Å². The number of amides is 4. The van der Waals surface area contributed by atoms with E-state index in [1.54, 1.807) is 0 Å². The monoisotopic (exact) mass is 406 g/mol. The van der Waals surface area contributed by atoms with Crippen LogP contribution in [0, 0.1) is 0 Å². The molecule has 0 fully saturated rings. The van der Waals surface area contributed by atoms with Gasteiger partial charge in [0.05, 0.1) is 19.1 Å². The third-order valence-electron chi connectivity index (χ3n) is 4.13. The summed E-state index contributed by atoms with van der Waals surface area (Å²) in [6.45, 7) is -0.175. The summed E-state index contributed by atoms with van der Waals surface area (Å²) in [5.74, 6) is -2.23. The number of unbranched alkanes of at least 4 members (excludes halogenated alkanes) is 1. The van der Waals surface area contributed by atoms with E-state index in [0.717, 1.165) is 5.56 Å². The molecule has 0 saturated carbocycles. The Labute approximate surface area is 169 Å². The first-order chi connectivity index (χ1) is 13.8. The van der Waals surface area contributed by atoms with Crippen molar-refractivity contribution in [1.82, 2.24) is 16.0 Å². The molecule has 29 heavy (non-hydrogen) atoms. The van der Waals surface area contributed by atoms with Gasteiger partial charge in [-0.25, -0.2) is 0 Å². The van der Waals surface area contributed by atoms with Crippen LogP contribution in [-0.2, 0) is 25.6 Å². The van der Waals surface area contributed by atoms with Gasteiger partial charge >= 0.3 is 0 Å². The molecule has 9 N–H and O–H groups in total. The minimum atomic E-state index is -0.818. The van der Waals surface area contributed by atoms with E-state index in [1.165, 1.54) is 0 Å². The molecule has 1 aromatic carbocycles. The van der Waals surface area contributed by atoms with Crippen molar-refractivity contribution in [3.05, 3.63) is 35.9 Å². The highest BCUT2D eigenvalue weighted by atomic mass is 16.2. The molecule has 0 aromatic heterocycles. The average Bonchev–Trinajstić information content (AvgIpc) is 2.70. The molecule has 0 radical (unpaired) electrons. The lowest BCUT2D eigenvalue weighted by molar-refractivity contribution is -0.129. The second kappa shape index (κ2) is 13.2. The average molecular weight is 406 g/mol. The standard InChI is InChI=1S/C19H30N6O4/c20-9-5-4-8-15(18(22)28)25-17(27)12-23-16(26)11-24-19(29)14(21)10-13-6-2-1-3-7-13/h1-3,6-7,14-15H,4-5,8-12,20-21H2,(H2,22,28)(H,23,26)(H,24,29)(H,25,27). The summed E-state index contributed by atoms with van der Waals surface area (Å²) >= 11 is 0. The van der Waals surface area contributed by atoms with Crippen molar-refractivity contribution in [1.29, 1.82) is 0 Å². The Hall–Kier alpha value is -2.98. The van der Waals surface area contributed by atoms with Crippen LogP contribution in [0.25, 0.3) is 0 Å². The Bertz CT molecular complexity index is 683. The highest BCUT2D eigenvalue weighted by molar-refractivity contribution is 5.91. The molecule has 0 spiro atoms. The normalized spacial score (nSPS) is 12.5. The molecule has 10 nitrogen and oxygen atoms in total. The molecule has 4 amide bonds. The quantitative estimate of drug-likeness (QED) is 0.204. The maximum Gasteiger partial charge on any atom is 0.240 e. The largest absolute Gasteiger partial charge is 0.368 e. The summed E-state index contributed by atoms with van der Waals surface area (Å²) in [4.78, 5) is 47.0. The third-order valence-corrected chi connectivity index (χ3v) is 4.13. The van der Waals surface area contributed by atoms with E-state index in [-0.39, 0.29) is 13.1 Å². The Morgan fingerprint density at radius 3 is 2.21 bits per heavy atom. The van der Waals surface area contributed by atoms with Gasteiger partial charge in [0.2, 0.25) is 23.6 Å². The zero-order valence-corrected chi connectivity index (χ0v) is 16.4. The molecule has 1 rings (SSSR count). The van der Waals surface area contributed by atoms with E-state index in [4.69, 9.17) is 17.2 Å². The van der Waals surface area contributed by atoms with Gasteiger partial charge in [0.1, 0.15) is 6.04 Å². The number of carbonyl (C=O) groups excluding carboxylic acids is 4. The van der Waals surface area contributed by atoms with E-state index in [2.05, 4.69) is 16.0 Å². The van der Waals surface area contributed by atoms with Crippen LogP contribution in [-0.4, -0.2) is 55.3 Å². The van der Waals surface area contributed by atoms with Gasteiger partial charge in [-0.1, -0.05) is 30.3 Å². The minimum absolute atomic E-state index is 0.315. The van der Waals surface area contributed by atoms with Crippen LogP contribution in [0.1, 0.15) is 24.8 Å². The van der Waals surface area contributed by atoms with Crippen LogP contribution < -0.4 is 33.2 Å². The number of primary amides is 1. The van der Waals surface area contributed by atoms with Gasteiger partial charge < -0.3 is 33.2 Å². The zero-order valence-electron chi connectivity index (χ0n) is 16.4. The number of hydrogen-bond acceptors (Lipinski definition) is 6. The predicted molar refractivity (Wildman–Crippen MR) is 108 cm³/mol. The van der Waals surface area contributed by atoms with E-state index >= 15 is 0 Å². The zero-order chi connectivity index (χ0) is 21.6. The number of hydrogen-bond donors (Lipinski definition) is 6. The lowest BCUT2D eigenvalue weighted by atomic mass is 10.1. The lowest BCUT2D eigenvalue weighted by Crippen LogP contribution is -2.50. The van der Waals surface area contributed by atoms with Gasteiger partial charge in [0.25, 0.3) is 0 Å². The molecule has 0 aliphatic heterocycles. The number of nitrogens with two attached hydrogens (primary N) is 3. The third kappa shape index (κ3) is 10.2. The molecule has 0 bridgehead atoms. The molecule has 0 saturated heterocycles. The first-order valence-electron chi connectivity index (χ1n) is 9.46. The van der Waals surface area contributed by atoms with E-state index in [1.807, 2.05) is 30.3 Å². The van der Waals surface area contributed by atoms with Crippen molar-refractivity contribution >= 4 is 23.6 Å². The molecule has 0 aliphatic rings. The van der Waals surface area contributed by atoms with E-state index < -0.39 is 35.7 Å². The Balaban J connectivity index is 2.30. The molecule has 0 heterocycles. The van der Waals surface area contributed by atoms with Gasteiger partial charge in [0, 0.05) is 0 Å².